The van der Waals surface area contributed by atoms with Crippen molar-refractivity contribution in [2.45, 2.75) is 82.6 Å². The molecule has 4 saturated heterocycles. The van der Waals surface area contributed by atoms with Crippen molar-refractivity contribution in [3.8, 4) is 22.6 Å². The van der Waals surface area contributed by atoms with Gasteiger partial charge in [0.05, 0.1) is 36.4 Å². The predicted molar refractivity (Wildman–Crippen MR) is 280 cm³/mol. The summed E-state index contributed by atoms with van der Waals surface area (Å²) in [5.41, 5.74) is 4.34. The van der Waals surface area contributed by atoms with E-state index in [1.165, 1.54) is 12.0 Å². The summed E-state index contributed by atoms with van der Waals surface area (Å²) in [6.07, 6.45) is 11.6. The number of anilines is 2. The van der Waals surface area contributed by atoms with Gasteiger partial charge in [-0.3, -0.25) is 34.2 Å². The van der Waals surface area contributed by atoms with E-state index in [0.29, 0.717) is 60.3 Å². The van der Waals surface area contributed by atoms with Crippen molar-refractivity contribution in [1.29, 1.82) is 0 Å². The Balaban J connectivity index is 0.621. The smallest absolute Gasteiger partial charge is 0.328 e. The number of rotatable bonds is 13. The molecule has 1 aliphatic carbocycles. The van der Waals surface area contributed by atoms with E-state index in [0.717, 1.165) is 98.7 Å². The number of piperidine rings is 1. The molecule has 0 bridgehead atoms. The van der Waals surface area contributed by atoms with Gasteiger partial charge in [-0.1, -0.05) is 30.3 Å². The number of carbonyl (C=O) groups is 4. The van der Waals surface area contributed by atoms with E-state index < -0.39 is 40.7 Å². The van der Waals surface area contributed by atoms with Gasteiger partial charge in [-0.15, -0.1) is 0 Å². The van der Waals surface area contributed by atoms with Gasteiger partial charge in [0.2, 0.25) is 17.7 Å². The minimum absolute atomic E-state index is 0.0710. The van der Waals surface area contributed by atoms with Crippen LogP contribution in [-0.2, 0) is 16.1 Å². The zero-order chi connectivity index (χ0) is 53.4. The fourth-order valence-electron chi connectivity index (χ4n) is 11.6. The minimum atomic E-state index is -1.56. The number of hydrogen-bond acceptors (Lipinski definition) is 12. The van der Waals surface area contributed by atoms with Crippen LogP contribution >= 0.6 is 0 Å². The van der Waals surface area contributed by atoms with Gasteiger partial charge in [-0.25, -0.2) is 23.5 Å². The quantitative estimate of drug-likeness (QED) is 0.107. The van der Waals surface area contributed by atoms with E-state index in [4.69, 9.17) is 29.3 Å². The number of urea groups is 1. The van der Waals surface area contributed by atoms with Gasteiger partial charge >= 0.3 is 6.03 Å². The number of nitrogens with zero attached hydrogens (tertiary/aromatic N) is 8. The van der Waals surface area contributed by atoms with Crippen molar-refractivity contribution >= 4 is 46.3 Å². The van der Waals surface area contributed by atoms with Gasteiger partial charge < -0.3 is 29.3 Å². The summed E-state index contributed by atoms with van der Waals surface area (Å²) in [6, 6.07) is 18.9. The average Bonchev–Trinajstić information content (AvgIpc) is 4.10. The second-order valence-corrected chi connectivity index (χ2v) is 21.0. The van der Waals surface area contributed by atoms with Crippen LogP contribution in [0.3, 0.4) is 0 Å². The molecular formula is C57H61F3N10O7. The molecule has 1 atom stereocenters. The Bertz CT molecular complexity index is 3190. The predicted octanol–water partition coefficient (Wildman–Crippen LogP) is 8.00. The maximum atomic E-state index is 15.1. The molecule has 17 nitrogen and oxygen atoms in total. The fourth-order valence-corrected chi connectivity index (χ4v) is 11.6. The highest BCUT2D eigenvalue weighted by Crippen LogP contribution is 2.39. The number of likely N-dealkylation sites (tertiary alicyclic amines) is 1. The number of ether oxygens (including phenoxy) is 3. The van der Waals surface area contributed by atoms with Crippen LogP contribution in [0.4, 0.5) is 29.6 Å². The third-order valence-electron chi connectivity index (χ3n) is 16.2. The van der Waals surface area contributed by atoms with Crippen molar-refractivity contribution in [1.82, 2.24) is 40.2 Å². The van der Waals surface area contributed by atoms with Gasteiger partial charge in [0, 0.05) is 106 Å². The van der Waals surface area contributed by atoms with Gasteiger partial charge in [0.25, 0.3) is 11.8 Å². The maximum absolute atomic E-state index is 15.1. The number of piperazine rings is 1. The number of carbonyl (C=O) groups excluding carboxylic acids is 4. The standard InChI is InChI=1S/C57H61F3N10O7/c1-35-3-8-39(26-48(35)69-18-15-49(71)64-56(69)74)54(73)67-19-16-57(17-20-67)28-43(34-77-57)66-21-23-68(24-22-66)55-62-30-41(31-63-55)38-9-10-40-32-70(65-47(40)25-38)42-11-4-36(5-12-42)29-61-53(72)45-27-46(58)52(51(60)50(45)59)76-33-37-6-13-44(75-2)14-7-37/h3,6-10,13-14,25-27,30-32,36,42-43H,4-5,11-12,15-24,28-29,33-34H2,1-2H3,(H,61,72)(H,64,71,74)/t36-,42-,43?. The summed E-state index contributed by atoms with van der Waals surface area (Å²) in [4.78, 5) is 68.7. The van der Waals surface area contributed by atoms with E-state index in [2.05, 4.69) is 44.8 Å². The van der Waals surface area contributed by atoms with Crippen molar-refractivity contribution in [3.63, 3.8) is 0 Å². The van der Waals surface area contributed by atoms with Gasteiger partial charge in [-0.05, 0) is 111 Å². The molecule has 1 saturated carbocycles. The lowest BCUT2D eigenvalue weighted by Crippen LogP contribution is -2.52. The molecule has 5 aliphatic rings. The molecule has 6 aromatic rings. The summed E-state index contributed by atoms with van der Waals surface area (Å²) < 4.78 is 63.9. The number of fused-ring (bicyclic) bond motifs is 1. The largest absolute Gasteiger partial charge is 0.497 e. The van der Waals surface area contributed by atoms with Crippen LogP contribution in [0.1, 0.15) is 89.3 Å². The van der Waals surface area contributed by atoms with Gasteiger partial charge in [0.1, 0.15) is 12.4 Å². The number of nitrogens with one attached hydrogen (secondary N) is 2. The number of halogens is 3. The Morgan fingerprint density at radius 2 is 1.60 bits per heavy atom. The lowest BCUT2D eigenvalue weighted by atomic mass is 9.86. The number of methoxy groups -OCH3 is 1. The Kier molecular flexibility index (Phi) is 14.6. The number of amides is 5. The lowest BCUT2D eigenvalue weighted by Gasteiger charge is -2.40. The van der Waals surface area contributed by atoms with E-state index in [-0.39, 0.29) is 55.5 Å². The number of aromatic nitrogens is 4. The summed E-state index contributed by atoms with van der Waals surface area (Å²) in [5.74, 6) is -4.94. The van der Waals surface area contributed by atoms with E-state index in [9.17, 15) is 28.0 Å². The average molecular weight is 1060 g/mol. The minimum Gasteiger partial charge on any atom is -0.497 e. The molecule has 5 amide bonds. The van der Waals surface area contributed by atoms with Crippen molar-refractivity contribution in [2.24, 2.45) is 5.92 Å². The van der Waals surface area contributed by atoms with E-state index in [1.807, 2.05) is 35.0 Å². The van der Waals surface area contributed by atoms with Crippen LogP contribution in [0.25, 0.3) is 22.0 Å². The SMILES string of the molecule is COc1ccc(COc2c(F)cc(C(=O)NC[C@H]3CC[C@H](n4cc5ccc(-c6cnc(N7CCN(C8COC9(CCN(C(=O)c%10ccc(C)c(N%11CCC(=O)NC%11=O)c%10)CC9)C8)CC7)nc6)cc5n4)CC3)c(F)c2F)cc1. The molecule has 11 rings (SSSR count). The molecule has 2 aromatic heterocycles. The molecule has 4 aliphatic heterocycles. The normalized spacial score (nSPS) is 20.9. The highest BCUT2D eigenvalue weighted by Gasteiger charge is 2.46. The number of benzene rings is 4. The Hall–Kier alpha value is -7.58. The van der Waals surface area contributed by atoms with Crippen molar-refractivity contribution < 1.29 is 46.6 Å². The third-order valence-corrected chi connectivity index (χ3v) is 16.2. The van der Waals surface area contributed by atoms with Crippen molar-refractivity contribution in [3.05, 3.63) is 125 Å². The summed E-state index contributed by atoms with van der Waals surface area (Å²) in [6.45, 7) is 7.35. The van der Waals surface area contributed by atoms with E-state index >= 15 is 4.39 Å². The monoisotopic (exact) mass is 1050 g/mol. The van der Waals surface area contributed by atoms with E-state index in [1.54, 1.807) is 36.4 Å². The van der Waals surface area contributed by atoms with Crippen LogP contribution < -0.4 is 29.9 Å². The third kappa shape index (κ3) is 10.9. The maximum Gasteiger partial charge on any atom is 0.328 e. The first-order valence-electron chi connectivity index (χ1n) is 26.5. The molecule has 0 radical (unpaired) electrons. The number of aryl methyl sites for hydroxylation is 1. The Morgan fingerprint density at radius 3 is 2.32 bits per heavy atom. The van der Waals surface area contributed by atoms with Gasteiger partial charge in [0.15, 0.2) is 17.4 Å². The number of hydrogen-bond donors (Lipinski definition) is 2. The first kappa shape index (κ1) is 51.5. The second kappa shape index (κ2) is 21.8. The topological polar surface area (TPSA) is 177 Å². The van der Waals surface area contributed by atoms with Crippen LogP contribution in [0.5, 0.6) is 11.5 Å². The molecular weight excluding hydrogens is 994 g/mol. The zero-order valence-corrected chi connectivity index (χ0v) is 43.1. The number of imide groups is 1. The van der Waals surface area contributed by atoms with Gasteiger partial charge in [-0.2, -0.15) is 9.49 Å². The second-order valence-electron chi connectivity index (χ2n) is 21.0. The molecule has 77 heavy (non-hydrogen) atoms. The van der Waals surface area contributed by atoms with Crippen LogP contribution in [0.15, 0.2) is 85.3 Å². The molecule has 2 N–H and O–H groups in total. The Labute approximate surface area is 443 Å². The molecule has 5 fully saturated rings. The highest BCUT2D eigenvalue weighted by atomic mass is 19.2. The molecule has 1 spiro atoms. The zero-order valence-electron chi connectivity index (χ0n) is 43.1. The first-order chi connectivity index (χ1) is 37.3. The molecule has 20 heteroatoms. The summed E-state index contributed by atoms with van der Waals surface area (Å²) in [7, 11) is 1.52. The van der Waals surface area contributed by atoms with Crippen molar-refractivity contribution in [2.75, 3.05) is 75.9 Å². The fraction of sp³-hybridized carbons (Fsp3) is 0.421. The lowest BCUT2D eigenvalue weighted by molar-refractivity contribution is -0.120. The molecule has 6 heterocycles. The van der Waals surface area contributed by atoms with Crippen LogP contribution in [-0.4, -0.2) is 131 Å². The molecule has 402 valence electrons. The molecule has 1 unspecified atom stereocenters. The summed E-state index contributed by atoms with van der Waals surface area (Å²) in [5, 5.41) is 11.0. The Morgan fingerprint density at radius 1 is 0.844 bits per heavy atom. The highest BCUT2D eigenvalue weighted by molar-refractivity contribution is 6.06. The van der Waals surface area contributed by atoms with Crippen LogP contribution in [0, 0.1) is 30.3 Å². The first-order valence-corrected chi connectivity index (χ1v) is 26.5. The van der Waals surface area contributed by atoms with Crippen LogP contribution in [0.2, 0.25) is 0 Å². The molecule has 4 aromatic carbocycles. The summed E-state index contributed by atoms with van der Waals surface area (Å²) >= 11 is 0.